The monoisotopic (exact) mass is 333 g/mol. The van der Waals surface area contributed by atoms with Crippen LogP contribution < -0.4 is 34.7 Å². The molecule has 0 radical (unpaired) electrons. The van der Waals surface area contributed by atoms with E-state index in [0.29, 0.717) is 0 Å². The first kappa shape index (κ1) is 23.0. The number of ketones is 1. The normalized spacial score (nSPS) is 13.0. The molecule has 0 fully saturated rings. The largest absolute Gasteiger partial charge is 1.00 e. The van der Waals surface area contributed by atoms with Gasteiger partial charge in [-0.1, -0.05) is 6.92 Å². The van der Waals surface area contributed by atoms with Crippen LogP contribution in [0.2, 0.25) is 0 Å². The first-order valence-electron chi connectivity index (χ1n) is 5.67. The summed E-state index contributed by atoms with van der Waals surface area (Å²) in [6.07, 6.45) is -0.848. The summed E-state index contributed by atoms with van der Waals surface area (Å²) in [7, 11) is -5.04. The minimum atomic E-state index is -5.04. The number of hydrogen-bond donors (Lipinski definition) is 3. The molecule has 0 saturated heterocycles. The molecule has 0 rings (SSSR count). The molecule has 0 aromatic rings. The third-order valence-corrected chi connectivity index (χ3v) is 3.96. The Balaban J connectivity index is 0. The third kappa shape index (κ3) is 6.15. The van der Waals surface area contributed by atoms with Crippen molar-refractivity contribution < 1.29 is 68.6 Å². The number of hydroxylamine groups is 2. The summed E-state index contributed by atoms with van der Waals surface area (Å²) < 4.78 is 11.2. The van der Waals surface area contributed by atoms with Gasteiger partial charge in [-0.3, -0.25) is 19.4 Å². The van der Waals surface area contributed by atoms with Gasteiger partial charge in [0.1, 0.15) is 17.0 Å². The number of carboxylic acid groups (broad SMARTS) is 1. The maximum Gasteiger partial charge on any atom is 1.00 e. The van der Waals surface area contributed by atoms with Gasteiger partial charge in [0, 0.05) is 12.8 Å². The summed E-state index contributed by atoms with van der Waals surface area (Å²) in [4.78, 5) is 52.0. The van der Waals surface area contributed by atoms with E-state index in [4.69, 9.17) is 9.79 Å². The molecule has 0 spiro atoms. The molecule has 0 bridgehead atoms. The fourth-order valence-corrected chi connectivity index (χ4v) is 2.05. The van der Waals surface area contributed by atoms with Crippen molar-refractivity contribution in [3.63, 3.8) is 0 Å². The topological polar surface area (TPSA) is 155 Å². The number of Topliss-reactive ketones (excluding diaryl/α,β-unsaturated/α-hetero) is 1. The van der Waals surface area contributed by atoms with Crippen LogP contribution in [0.5, 0.6) is 0 Å². The van der Waals surface area contributed by atoms with E-state index in [1.807, 2.05) is 0 Å². The van der Waals surface area contributed by atoms with E-state index in [2.05, 4.69) is 0 Å². The number of rotatable bonds is 7. The molecule has 1 amide bonds. The van der Waals surface area contributed by atoms with E-state index < -0.39 is 42.9 Å². The van der Waals surface area contributed by atoms with E-state index in [9.17, 15) is 29.3 Å². The van der Waals surface area contributed by atoms with Crippen LogP contribution in [0, 0.1) is 0 Å². The van der Waals surface area contributed by atoms with Gasteiger partial charge in [-0.2, -0.15) is 0 Å². The molecular formula is C10H17NNaO8P. The molecule has 0 aliphatic carbocycles. The number of carbonyl (C=O) groups excluding carboxylic acids is 3. The molecule has 0 aromatic heterocycles. The van der Waals surface area contributed by atoms with Crippen LogP contribution >= 0.6 is 7.60 Å². The smallest absolute Gasteiger partial charge is 0.547 e. The van der Waals surface area contributed by atoms with Gasteiger partial charge in [0.15, 0.2) is 0 Å². The number of carbonyl (C=O) groups is 3. The molecule has 3 N–H and O–H groups in total. The number of nitrogens with zero attached hydrogens (tertiary/aromatic N) is 1. The Kier molecular flexibility index (Phi) is 9.17. The molecule has 116 valence electrons. The Morgan fingerprint density at radius 3 is 2.00 bits per heavy atom. The predicted molar refractivity (Wildman–Crippen MR) is 63.5 cm³/mol. The molecule has 11 heteroatoms. The summed E-state index contributed by atoms with van der Waals surface area (Å²) in [5, 5.41) is 20.0. The number of amides is 1. The molecule has 0 saturated carbocycles. The fourth-order valence-electron chi connectivity index (χ4n) is 1.21. The van der Waals surface area contributed by atoms with Crippen molar-refractivity contribution in [1.82, 2.24) is 5.06 Å². The summed E-state index contributed by atoms with van der Waals surface area (Å²) >= 11 is 0. The molecule has 9 nitrogen and oxygen atoms in total. The number of carboxylic acids is 1. The first-order chi connectivity index (χ1) is 8.85. The van der Waals surface area contributed by atoms with E-state index in [-0.39, 0.29) is 41.0 Å². The van der Waals surface area contributed by atoms with Gasteiger partial charge in [0.2, 0.25) is 0 Å². The predicted octanol–water partition coefficient (Wildman–Crippen LogP) is -4.35. The molecule has 1 unspecified atom stereocenters. The second kappa shape index (κ2) is 8.38. The molecule has 0 aliphatic heterocycles. The molecule has 0 heterocycles. The Bertz CT molecular complexity index is 460. The Labute approximate surface area is 143 Å². The van der Waals surface area contributed by atoms with Gasteiger partial charge in [-0.05, 0) is 13.8 Å². The van der Waals surface area contributed by atoms with Crippen LogP contribution in [0.4, 0.5) is 0 Å². The fraction of sp³-hybridized carbons (Fsp3) is 0.700. The van der Waals surface area contributed by atoms with Crippen LogP contribution in [-0.2, 0) is 18.9 Å². The minimum absolute atomic E-state index is 0. The molecule has 21 heavy (non-hydrogen) atoms. The van der Waals surface area contributed by atoms with Crippen molar-refractivity contribution in [3.05, 3.63) is 0 Å². The van der Waals surface area contributed by atoms with Crippen LogP contribution in [0.3, 0.4) is 0 Å². The zero-order valence-electron chi connectivity index (χ0n) is 12.3. The van der Waals surface area contributed by atoms with Gasteiger partial charge in [0.25, 0.3) is 5.91 Å². The van der Waals surface area contributed by atoms with Gasteiger partial charge < -0.3 is 19.7 Å². The zero-order valence-corrected chi connectivity index (χ0v) is 15.2. The minimum Gasteiger partial charge on any atom is -0.547 e. The van der Waals surface area contributed by atoms with E-state index in [1.165, 1.54) is 6.92 Å². The maximum absolute atomic E-state index is 11.8. The van der Waals surface area contributed by atoms with Crippen molar-refractivity contribution in [2.45, 2.75) is 44.8 Å². The van der Waals surface area contributed by atoms with Crippen molar-refractivity contribution in [2.24, 2.45) is 0 Å². The Hall–Kier alpha value is -0.280. The summed E-state index contributed by atoms with van der Waals surface area (Å²) in [6, 6.07) is 0. The molecule has 1 atom stereocenters. The summed E-state index contributed by atoms with van der Waals surface area (Å²) in [5.74, 6) is -3.97. The van der Waals surface area contributed by atoms with Gasteiger partial charge >= 0.3 is 37.2 Å². The van der Waals surface area contributed by atoms with Gasteiger partial charge in [0.05, 0.1) is 5.97 Å². The Morgan fingerprint density at radius 2 is 1.71 bits per heavy atom. The average molecular weight is 333 g/mol. The van der Waals surface area contributed by atoms with Crippen molar-refractivity contribution >= 4 is 25.3 Å². The second-order valence-electron chi connectivity index (χ2n) is 4.70. The molecule has 0 aromatic carbocycles. The van der Waals surface area contributed by atoms with Crippen molar-refractivity contribution in [3.8, 4) is 0 Å². The standard InChI is InChI=1S/C10H18NO8P.Na/c1-4-6(12)5-7(20(17,18)19)8(13)11(16)10(2,3)9(14)15;/h7,16H,4-5H2,1-3H3,(H,14,15)(H2,17,18,19);/q;+1/p-1. The van der Waals surface area contributed by atoms with E-state index >= 15 is 0 Å². The van der Waals surface area contributed by atoms with Crippen LogP contribution in [0.25, 0.3) is 0 Å². The van der Waals surface area contributed by atoms with Crippen LogP contribution in [-0.4, -0.2) is 48.9 Å². The van der Waals surface area contributed by atoms with E-state index in [0.717, 1.165) is 13.8 Å². The Morgan fingerprint density at radius 1 is 1.29 bits per heavy atom. The van der Waals surface area contributed by atoms with Crippen molar-refractivity contribution in [1.29, 1.82) is 0 Å². The quantitative estimate of drug-likeness (QED) is 0.183. The summed E-state index contributed by atoms with van der Waals surface area (Å²) in [6.45, 7) is 3.27. The number of aliphatic carboxylic acids is 1. The second-order valence-corrected chi connectivity index (χ2v) is 6.50. The third-order valence-electron chi connectivity index (χ3n) is 2.74. The van der Waals surface area contributed by atoms with Crippen LogP contribution in [0.1, 0.15) is 33.6 Å². The SMILES string of the molecule is CCC(=O)CC(C(=O)N(O)C(C)(C)C(=O)[O-])P(=O)(O)O.[Na+]. The first-order valence-corrected chi connectivity index (χ1v) is 7.35. The average Bonchev–Trinajstić information content (AvgIpc) is 2.31. The zero-order chi connectivity index (χ0) is 16.3. The van der Waals surface area contributed by atoms with Crippen LogP contribution in [0.15, 0.2) is 0 Å². The van der Waals surface area contributed by atoms with Gasteiger partial charge in [-0.15, -0.1) is 0 Å². The molecular weight excluding hydrogens is 316 g/mol. The maximum atomic E-state index is 11.8. The summed E-state index contributed by atoms with van der Waals surface area (Å²) in [5.41, 5.74) is -4.32. The van der Waals surface area contributed by atoms with Gasteiger partial charge in [-0.25, -0.2) is 5.06 Å². The molecule has 0 aliphatic rings. The number of hydrogen-bond acceptors (Lipinski definition) is 6. The van der Waals surface area contributed by atoms with Crippen molar-refractivity contribution in [2.75, 3.05) is 0 Å². The van der Waals surface area contributed by atoms with E-state index in [1.54, 1.807) is 0 Å².